The average Bonchev–Trinajstić information content (AvgIpc) is 1.87. The van der Waals surface area contributed by atoms with Crippen molar-refractivity contribution in [3.63, 3.8) is 0 Å². The van der Waals surface area contributed by atoms with Gasteiger partial charge in [0.1, 0.15) is 4.64 Å². The summed E-state index contributed by atoms with van der Waals surface area (Å²) >= 11 is 8.48. The Morgan fingerprint density at radius 1 is 1.86 bits per heavy atom. The van der Waals surface area contributed by atoms with Gasteiger partial charge >= 0.3 is 0 Å². The number of nitrogens with one attached hydrogen (secondary N) is 1. The smallest absolute Gasteiger partial charge is 0.188 e. The first-order chi connectivity index (χ1) is 3.29. The lowest BCUT2D eigenvalue weighted by Gasteiger charge is -1.66. The summed E-state index contributed by atoms with van der Waals surface area (Å²) in [6.45, 7) is 0. The molecule has 0 amide bonds. The molecule has 4 heteroatoms. The largest absolute Gasteiger partial charge is 0.374 e. The third-order valence-electron chi connectivity index (χ3n) is 0.511. The summed E-state index contributed by atoms with van der Waals surface area (Å²) in [5, 5.41) is 2.95. The Morgan fingerprint density at radius 2 is 2.57 bits per heavy atom. The van der Waals surface area contributed by atoms with E-state index in [1.807, 2.05) is 0 Å². The SMILES string of the molecule is S=c1cc(S)o[nH]1. The van der Waals surface area contributed by atoms with Gasteiger partial charge in [-0.3, -0.25) is 0 Å². The zero-order valence-electron chi connectivity index (χ0n) is 3.34. The zero-order valence-corrected chi connectivity index (χ0v) is 5.05. The number of thiol groups is 1. The molecule has 1 N–H and O–H groups in total. The molecule has 0 fully saturated rings. The van der Waals surface area contributed by atoms with Crippen molar-refractivity contribution in [3.05, 3.63) is 10.7 Å². The van der Waals surface area contributed by atoms with E-state index in [2.05, 4.69) is 34.5 Å². The van der Waals surface area contributed by atoms with Gasteiger partial charge < -0.3 is 4.52 Å². The van der Waals surface area contributed by atoms with Crippen LogP contribution in [0.1, 0.15) is 0 Å². The van der Waals surface area contributed by atoms with E-state index in [1.54, 1.807) is 6.07 Å². The molecule has 0 unspecified atom stereocenters. The summed E-state index contributed by atoms with van der Waals surface area (Å²) in [6, 6.07) is 1.62. The first kappa shape index (κ1) is 4.93. The second-order valence-corrected chi connectivity index (χ2v) is 1.93. The molecule has 0 aromatic carbocycles. The molecule has 0 bridgehead atoms. The molecule has 38 valence electrons. The molecule has 0 saturated carbocycles. The zero-order chi connectivity index (χ0) is 5.28. The minimum Gasteiger partial charge on any atom is -0.374 e. The van der Waals surface area contributed by atoms with Crippen molar-refractivity contribution in [2.75, 3.05) is 0 Å². The van der Waals surface area contributed by atoms with Crippen molar-refractivity contribution in [2.45, 2.75) is 5.09 Å². The van der Waals surface area contributed by atoms with Crippen LogP contribution >= 0.6 is 24.8 Å². The van der Waals surface area contributed by atoms with Gasteiger partial charge in [0.15, 0.2) is 5.09 Å². The maximum absolute atomic E-state index is 4.63. The number of aromatic amines is 1. The standard InChI is InChI=1S/C3H3NOS2/c6-2-1-3(7)5-4-2/h1,7H,(H,4,6). The lowest BCUT2D eigenvalue weighted by molar-refractivity contribution is 0.349. The van der Waals surface area contributed by atoms with E-state index in [-0.39, 0.29) is 0 Å². The maximum Gasteiger partial charge on any atom is 0.188 e. The molecular weight excluding hydrogens is 130 g/mol. The van der Waals surface area contributed by atoms with Gasteiger partial charge in [-0.2, -0.15) is 0 Å². The molecule has 0 saturated heterocycles. The topological polar surface area (TPSA) is 28.9 Å². The molecule has 1 heterocycles. The molecule has 1 rings (SSSR count). The highest BCUT2D eigenvalue weighted by Crippen LogP contribution is 2.01. The Balaban J connectivity index is 3.30. The Morgan fingerprint density at radius 3 is 2.71 bits per heavy atom. The van der Waals surface area contributed by atoms with E-state index in [9.17, 15) is 0 Å². The van der Waals surface area contributed by atoms with E-state index in [4.69, 9.17) is 0 Å². The van der Waals surface area contributed by atoms with Crippen molar-refractivity contribution >= 4 is 24.8 Å². The highest BCUT2D eigenvalue weighted by Gasteiger charge is 1.83. The van der Waals surface area contributed by atoms with E-state index in [0.29, 0.717) is 9.73 Å². The summed E-state index contributed by atoms with van der Waals surface area (Å²) in [5.41, 5.74) is 0. The Hall–Kier alpha value is -0.220. The van der Waals surface area contributed by atoms with E-state index in [1.165, 1.54) is 0 Å². The Kier molecular flexibility index (Phi) is 1.21. The predicted molar refractivity (Wildman–Crippen MR) is 31.1 cm³/mol. The Bertz CT molecular complexity index is 201. The number of H-pyrrole nitrogens is 1. The molecule has 0 radical (unpaired) electrons. The van der Waals surface area contributed by atoms with Gasteiger partial charge in [0.25, 0.3) is 0 Å². The fourth-order valence-electron chi connectivity index (χ4n) is 0.274. The number of hydrogen-bond donors (Lipinski definition) is 2. The van der Waals surface area contributed by atoms with Crippen molar-refractivity contribution < 1.29 is 4.52 Å². The van der Waals surface area contributed by atoms with Gasteiger partial charge in [-0.15, -0.1) is 12.6 Å². The average molecular weight is 133 g/mol. The summed E-state index contributed by atoms with van der Waals surface area (Å²) in [7, 11) is 0. The fraction of sp³-hybridized carbons (Fsp3) is 0. The van der Waals surface area contributed by atoms with Crippen molar-refractivity contribution in [1.29, 1.82) is 0 Å². The molecule has 7 heavy (non-hydrogen) atoms. The van der Waals surface area contributed by atoms with Crippen molar-refractivity contribution in [1.82, 2.24) is 5.16 Å². The van der Waals surface area contributed by atoms with Crippen LogP contribution < -0.4 is 0 Å². The van der Waals surface area contributed by atoms with E-state index in [0.717, 1.165) is 0 Å². The second-order valence-electron chi connectivity index (χ2n) is 1.05. The first-order valence-electron chi connectivity index (χ1n) is 1.66. The molecule has 0 atom stereocenters. The molecule has 1 aromatic heterocycles. The number of aromatic nitrogens is 1. The van der Waals surface area contributed by atoms with Gasteiger partial charge in [-0.05, 0) is 0 Å². The van der Waals surface area contributed by atoms with Gasteiger partial charge in [-0.1, -0.05) is 12.2 Å². The summed E-state index contributed by atoms with van der Waals surface area (Å²) in [5.74, 6) is 0. The van der Waals surface area contributed by atoms with Crippen LogP contribution in [0.4, 0.5) is 0 Å². The van der Waals surface area contributed by atoms with Crippen LogP contribution in [0.3, 0.4) is 0 Å². The quantitative estimate of drug-likeness (QED) is 0.416. The number of hydrogen-bond acceptors (Lipinski definition) is 3. The normalized spacial score (nSPS) is 9.29. The molecule has 0 aliphatic carbocycles. The maximum atomic E-state index is 4.63. The molecule has 2 nitrogen and oxygen atoms in total. The van der Waals surface area contributed by atoms with Crippen molar-refractivity contribution in [2.24, 2.45) is 0 Å². The molecular formula is C3H3NOS2. The van der Waals surface area contributed by atoms with Crippen LogP contribution in [-0.2, 0) is 0 Å². The lowest BCUT2D eigenvalue weighted by atomic mass is 10.8. The second kappa shape index (κ2) is 1.71. The van der Waals surface area contributed by atoms with E-state index < -0.39 is 0 Å². The molecule has 0 aliphatic rings. The van der Waals surface area contributed by atoms with Crippen LogP contribution in [0.25, 0.3) is 0 Å². The highest BCUT2D eigenvalue weighted by molar-refractivity contribution is 7.80. The minimum atomic E-state index is 0.519. The molecule has 1 aromatic rings. The van der Waals surface area contributed by atoms with Gasteiger partial charge in [0.2, 0.25) is 0 Å². The summed E-state index contributed by atoms with van der Waals surface area (Å²) in [4.78, 5) is 0. The van der Waals surface area contributed by atoms with Crippen LogP contribution in [0, 0.1) is 4.64 Å². The van der Waals surface area contributed by atoms with Gasteiger partial charge in [0, 0.05) is 6.07 Å². The Labute approximate surface area is 50.9 Å². The van der Waals surface area contributed by atoms with Crippen LogP contribution in [0.15, 0.2) is 15.7 Å². The summed E-state index contributed by atoms with van der Waals surface area (Å²) in [6.07, 6.45) is 0. The highest BCUT2D eigenvalue weighted by atomic mass is 32.1. The summed E-state index contributed by atoms with van der Waals surface area (Å²) < 4.78 is 5.17. The third kappa shape index (κ3) is 1.07. The van der Waals surface area contributed by atoms with E-state index >= 15 is 0 Å². The lowest BCUT2D eigenvalue weighted by Crippen LogP contribution is -1.47. The molecule has 0 spiro atoms. The van der Waals surface area contributed by atoms with Gasteiger partial charge in [-0.25, -0.2) is 5.16 Å². The predicted octanol–water partition coefficient (Wildman–Crippen LogP) is 1.63. The molecule has 0 aliphatic heterocycles. The fourth-order valence-corrected chi connectivity index (χ4v) is 0.684. The van der Waals surface area contributed by atoms with Crippen LogP contribution in [0.5, 0.6) is 0 Å². The monoisotopic (exact) mass is 133 g/mol. The van der Waals surface area contributed by atoms with Gasteiger partial charge in [0.05, 0.1) is 0 Å². The third-order valence-corrected chi connectivity index (χ3v) is 0.932. The van der Waals surface area contributed by atoms with Crippen LogP contribution in [-0.4, -0.2) is 5.16 Å². The van der Waals surface area contributed by atoms with Crippen LogP contribution in [0.2, 0.25) is 0 Å². The number of rotatable bonds is 0. The van der Waals surface area contributed by atoms with Crippen molar-refractivity contribution in [3.8, 4) is 0 Å². The first-order valence-corrected chi connectivity index (χ1v) is 2.52. The minimum absolute atomic E-state index is 0.519.